The lowest BCUT2D eigenvalue weighted by Crippen LogP contribution is -2.44. The monoisotopic (exact) mass is 200 g/mol. The van der Waals surface area contributed by atoms with Crippen LogP contribution < -0.4 is 10.6 Å². The van der Waals surface area contributed by atoms with Gasteiger partial charge in [0.05, 0.1) is 6.61 Å². The maximum absolute atomic E-state index is 11.6. The molecule has 0 bridgehead atoms. The topological polar surface area (TPSA) is 84.9 Å². The number of carbonyl (C=O) groups excluding carboxylic acids is 2. The van der Waals surface area contributed by atoms with Gasteiger partial charge >= 0.3 is 12.1 Å². The summed E-state index contributed by atoms with van der Waals surface area (Å²) in [6.45, 7) is 0.116. The van der Waals surface area contributed by atoms with Crippen molar-refractivity contribution >= 4 is 12.1 Å². The Bertz CT molecular complexity index is 282. The van der Waals surface area contributed by atoms with Crippen LogP contribution in [0.4, 0.5) is 9.59 Å². The van der Waals surface area contributed by atoms with Gasteiger partial charge in [0.2, 0.25) is 0 Å². The molecular weight excluding hydrogens is 188 g/mol. The van der Waals surface area contributed by atoms with Crippen molar-refractivity contribution in [3.8, 4) is 0 Å². The fourth-order valence-corrected chi connectivity index (χ4v) is 1.81. The van der Waals surface area contributed by atoms with Crippen molar-refractivity contribution in [2.75, 3.05) is 20.2 Å². The number of hydrogen-bond acceptors (Lipinski definition) is 3. The van der Waals surface area contributed by atoms with Crippen LogP contribution in [0.2, 0.25) is 0 Å². The maximum Gasteiger partial charge on any atom is 0.323 e. The van der Waals surface area contributed by atoms with Crippen LogP contribution in [0.5, 0.6) is 0 Å². The van der Waals surface area contributed by atoms with E-state index in [4.69, 9.17) is 5.11 Å². The molecular formula is C7H12N4O3. The van der Waals surface area contributed by atoms with E-state index < -0.39 is 0 Å². The summed E-state index contributed by atoms with van der Waals surface area (Å²) in [4.78, 5) is 25.5. The maximum atomic E-state index is 11.6. The number of carbonyl (C=O) groups is 2. The molecule has 0 aromatic heterocycles. The third-order valence-corrected chi connectivity index (χ3v) is 2.50. The van der Waals surface area contributed by atoms with E-state index in [9.17, 15) is 9.59 Å². The highest BCUT2D eigenvalue weighted by molar-refractivity contribution is 5.84. The number of nitrogens with one attached hydrogen (secondary N) is 2. The molecule has 2 fully saturated rings. The van der Waals surface area contributed by atoms with Crippen molar-refractivity contribution < 1.29 is 14.7 Å². The number of aliphatic hydroxyl groups excluding tert-OH is 1. The molecule has 78 valence electrons. The number of likely N-dealkylation sites (N-methyl/N-ethyl adjacent to an activating group) is 1. The Morgan fingerprint density at radius 1 is 1.36 bits per heavy atom. The molecule has 0 aromatic carbocycles. The van der Waals surface area contributed by atoms with Gasteiger partial charge in [0.15, 0.2) is 0 Å². The standard InChI is InChI=1S/C7H12N4O3/c1-10-4-5(9-6(13)8-4)11(2-3-12)7(10)14/h4-5,12H,2-3H2,1H3,(H2,8,9,13)/t4-,5-/m0/s1. The second-order valence-corrected chi connectivity index (χ2v) is 3.32. The zero-order valence-corrected chi connectivity index (χ0v) is 7.73. The van der Waals surface area contributed by atoms with E-state index in [1.54, 1.807) is 7.05 Å². The molecule has 0 spiro atoms. The van der Waals surface area contributed by atoms with Gasteiger partial charge in [-0.3, -0.25) is 4.90 Å². The summed E-state index contributed by atoms with van der Waals surface area (Å²) in [5.41, 5.74) is 0. The highest BCUT2D eigenvalue weighted by Crippen LogP contribution is 2.20. The number of fused-ring (bicyclic) bond motifs is 1. The largest absolute Gasteiger partial charge is 0.395 e. The molecule has 0 radical (unpaired) electrons. The van der Waals surface area contributed by atoms with Crippen molar-refractivity contribution in [1.29, 1.82) is 0 Å². The second-order valence-electron chi connectivity index (χ2n) is 3.32. The molecule has 0 aromatic rings. The molecule has 3 N–H and O–H groups in total. The summed E-state index contributed by atoms with van der Waals surface area (Å²) in [6, 6.07) is -0.483. The SMILES string of the molecule is CN1C(=O)N(CCO)[C@@H]2NC(=O)N[C@H]21. The first kappa shape index (κ1) is 9.07. The second kappa shape index (κ2) is 3.02. The summed E-state index contributed by atoms with van der Waals surface area (Å²) in [5, 5.41) is 14.0. The van der Waals surface area contributed by atoms with Crippen molar-refractivity contribution in [2.45, 2.75) is 12.3 Å². The van der Waals surface area contributed by atoms with E-state index in [0.29, 0.717) is 0 Å². The average molecular weight is 200 g/mol. The van der Waals surface area contributed by atoms with Gasteiger partial charge in [-0.1, -0.05) is 0 Å². The fourth-order valence-electron chi connectivity index (χ4n) is 1.81. The molecule has 2 saturated heterocycles. The van der Waals surface area contributed by atoms with Crippen LogP contribution in [0.15, 0.2) is 0 Å². The number of aliphatic hydroxyl groups is 1. The molecule has 0 unspecified atom stereocenters. The van der Waals surface area contributed by atoms with Crippen LogP contribution in [0, 0.1) is 0 Å². The summed E-state index contributed by atoms with van der Waals surface area (Å²) < 4.78 is 0. The van der Waals surface area contributed by atoms with E-state index in [1.807, 2.05) is 0 Å². The van der Waals surface area contributed by atoms with Crippen molar-refractivity contribution in [3.05, 3.63) is 0 Å². The number of β-amino-alcohol motifs (C(OH)–C–C–N with tert-alkyl or cyclic N) is 1. The number of nitrogens with zero attached hydrogens (tertiary/aromatic N) is 2. The van der Waals surface area contributed by atoms with Gasteiger partial charge in [-0.05, 0) is 0 Å². The normalized spacial score (nSPS) is 30.4. The quantitative estimate of drug-likeness (QED) is 0.497. The summed E-state index contributed by atoms with van der Waals surface area (Å²) >= 11 is 0. The average Bonchev–Trinajstić information content (AvgIpc) is 2.61. The van der Waals surface area contributed by atoms with Gasteiger partial charge in [0.25, 0.3) is 0 Å². The van der Waals surface area contributed by atoms with Gasteiger partial charge in [-0.15, -0.1) is 0 Å². The number of amides is 4. The lowest BCUT2D eigenvalue weighted by molar-refractivity contribution is 0.166. The molecule has 2 rings (SSSR count). The Hall–Kier alpha value is -1.50. The van der Waals surface area contributed by atoms with Gasteiger partial charge < -0.3 is 20.6 Å². The molecule has 0 saturated carbocycles. The summed E-state index contributed by atoms with van der Waals surface area (Å²) in [5.74, 6) is 0. The van der Waals surface area contributed by atoms with Gasteiger partial charge in [0.1, 0.15) is 12.3 Å². The number of urea groups is 2. The molecule has 2 aliphatic heterocycles. The van der Waals surface area contributed by atoms with Gasteiger partial charge in [-0.25, -0.2) is 9.59 Å². The lowest BCUT2D eigenvalue weighted by Gasteiger charge is -2.19. The predicted octanol–water partition coefficient (Wildman–Crippen LogP) is -1.69. The smallest absolute Gasteiger partial charge is 0.323 e. The molecule has 14 heavy (non-hydrogen) atoms. The summed E-state index contributed by atoms with van der Waals surface area (Å²) in [6.07, 6.45) is -0.700. The first-order chi connectivity index (χ1) is 6.65. The fraction of sp³-hybridized carbons (Fsp3) is 0.714. The highest BCUT2D eigenvalue weighted by atomic mass is 16.3. The minimum Gasteiger partial charge on any atom is -0.395 e. The Morgan fingerprint density at radius 2 is 2.00 bits per heavy atom. The molecule has 7 nitrogen and oxygen atoms in total. The van der Waals surface area contributed by atoms with Crippen LogP contribution in [-0.4, -0.2) is 59.5 Å². The van der Waals surface area contributed by atoms with Crippen LogP contribution in [0.3, 0.4) is 0 Å². The van der Waals surface area contributed by atoms with Crippen LogP contribution in [-0.2, 0) is 0 Å². The van der Waals surface area contributed by atoms with Crippen LogP contribution >= 0.6 is 0 Å². The molecule has 2 heterocycles. The van der Waals surface area contributed by atoms with Gasteiger partial charge in [0, 0.05) is 13.6 Å². The third kappa shape index (κ3) is 1.09. The summed E-state index contributed by atoms with van der Waals surface area (Å²) in [7, 11) is 1.62. The van der Waals surface area contributed by atoms with Crippen LogP contribution in [0.25, 0.3) is 0 Å². The number of rotatable bonds is 2. The lowest BCUT2D eigenvalue weighted by atomic mass is 10.4. The molecule has 4 amide bonds. The van der Waals surface area contributed by atoms with Crippen molar-refractivity contribution in [1.82, 2.24) is 20.4 Å². The van der Waals surface area contributed by atoms with E-state index in [1.165, 1.54) is 9.80 Å². The Morgan fingerprint density at radius 3 is 2.64 bits per heavy atom. The van der Waals surface area contributed by atoms with E-state index >= 15 is 0 Å². The van der Waals surface area contributed by atoms with Crippen LogP contribution in [0.1, 0.15) is 0 Å². The predicted molar refractivity (Wildman–Crippen MR) is 46.2 cm³/mol. The molecule has 2 atom stereocenters. The number of hydrogen-bond donors (Lipinski definition) is 3. The van der Waals surface area contributed by atoms with Crippen molar-refractivity contribution in [2.24, 2.45) is 0 Å². The minimum absolute atomic E-state index is 0.112. The third-order valence-electron chi connectivity index (χ3n) is 2.50. The van der Waals surface area contributed by atoms with Gasteiger partial charge in [-0.2, -0.15) is 0 Å². The molecule has 7 heteroatoms. The minimum atomic E-state index is -0.368. The molecule has 0 aliphatic carbocycles. The van der Waals surface area contributed by atoms with E-state index in [2.05, 4.69) is 10.6 Å². The zero-order chi connectivity index (χ0) is 10.3. The molecule has 2 aliphatic rings. The first-order valence-electron chi connectivity index (χ1n) is 4.36. The Balaban J connectivity index is 2.18. The Kier molecular flexibility index (Phi) is 1.95. The van der Waals surface area contributed by atoms with Crippen molar-refractivity contribution in [3.63, 3.8) is 0 Å². The van der Waals surface area contributed by atoms with E-state index in [0.717, 1.165) is 0 Å². The Labute approximate surface area is 80.7 Å². The van der Waals surface area contributed by atoms with E-state index in [-0.39, 0.29) is 37.5 Å². The first-order valence-corrected chi connectivity index (χ1v) is 4.36. The zero-order valence-electron chi connectivity index (χ0n) is 7.73. The highest BCUT2D eigenvalue weighted by Gasteiger charge is 2.48.